The van der Waals surface area contributed by atoms with Gasteiger partial charge in [0.25, 0.3) is 0 Å². The molecule has 2 fully saturated rings. The van der Waals surface area contributed by atoms with Crippen LogP contribution >= 0.6 is 0 Å². The molecule has 2 aliphatic heterocycles. The first-order valence-electron chi connectivity index (χ1n) is 8.79. The smallest absolute Gasteiger partial charge is 0.126 e. The molecule has 2 saturated heterocycles. The van der Waals surface area contributed by atoms with Gasteiger partial charge in [0.15, 0.2) is 0 Å². The van der Waals surface area contributed by atoms with Crippen LogP contribution in [0.5, 0.6) is 0 Å². The zero-order valence-electron chi connectivity index (χ0n) is 13.4. The van der Waals surface area contributed by atoms with Crippen LogP contribution in [0, 0.1) is 0 Å². The molecular weight excluding hydrogens is 252 g/mol. The maximum Gasteiger partial charge on any atom is 0.126 e. The molecular formula is C17H32O3. The van der Waals surface area contributed by atoms with Crippen LogP contribution in [0.25, 0.3) is 0 Å². The molecule has 3 heteroatoms. The number of ether oxygens (including phenoxy) is 1. The molecule has 0 unspecified atom stereocenters. The Balaban J connectivity index is 1.69. The van der Waals surface area contributed by atoms with Crippen LogP contribution in [0.15, 0.2) is 0 Å². The van der Waals surface area contributed by atoms with E-state index in [1.807, 2.05) is 0 Å². The highest BCUT2D eigenvalue weighted by Gasteiger charge is 2.64. The highest BCUT2D eigenvalue weighted by molar-refractivity contribution is 5.09. The van der Waals surface area contributed by atoms with Crippen molar-refractivity contribution < 1.29 is 14.5 Å². The van der Waals surface area contributed by atoms with Crippen LogP contribution in [-0.2, 0) is 14.5 Å². The molecule has 0 N–H and O–H groups in total. The normalized spacial score (nSPS) is 32.1. The van der Waals surface area contributed by atoms with Crippen molar-refractivity contribution >= 4 is 0 Å². The Morgan fingerprint density at radius 1 is 0.900 bits per heavy atom. The molecule has 0 aromatic carbocycles. The molecule has 0 aliphatic carbocycles. The fourth-order valence-corrected chi connectivity index (χ4v) is 3.39. The standard InChI is InChI=1S/C17H32O3/c1-3-5-7-9-10-12-15-17(13-11-8-6-4-2)16(19-17)14-18-20-15/h15-16H,3-14H2,1-2H3/t15-,16+,17-/m1/s1. The summed E-state index contributed by atoms with van der Waals surface area (Å²) in [5.74, 6) is 0. The average molecular weight is 284 g/mol. The molecule has 0 spiro atoms. The van der Waals surface area contributed by atoms with Crippen molar-refractivity contribution in [2.45, 2.75) is 102 Å². The summed E-state index contributed by atoms with van der Waals surface area (Å²) in [4.78, 5) is 10.8. The first kappa shape index (κ1) is 16.3. The van der Waals surface area contributed by atoms with Crippen molar-refractivity contribution in [1.29, 1.82) is 0 Å². The Morgan fingerprint density at radius 2 is 1.60 bits per heavy atom. The number of hydrogen-bond donors (Lipinski definition) is 0. The summed E-state index contributed by atoms with van der Waals surface area (Å²) < 4.78 is 5.99. The molecule has 2 heterocycles. The zero-order valence-corrected chi connectivity index (χ0v) is 13.4. The molecule has 2 rings (SSSR count). The average Bonchev–Trinajstić information content (AvgIpc) is 3.19. The molecule has 3 atom stereocenters. The van der Waals surface area contributed by atoms with Gasteiger partial charge in [-0.3, -0.25) is 0 Å². The van der Waals surface area contributed by atoms with E-state index in [-0.39, 0.29) is 11.7 Å². The summed E-state index contributed by atoms with van der Waals surface area (Å²) in [6, 6.07) is 0. The first-order valence-corrected chi connectivity index (χ1v) is 8.79. The molecule has 0 saturated carbocycles. The van der Waals surface area contributed by atoms with Crippen molar-refractivity contribution in [2.24, 2.45) is 0 Å². The fourth-order valence-electron chi connectivity index (χ4n) is 3.39. The van der Waals surface area contributed by atoms with Gasteiger partial charge in [0.05, 0.1) is 0 Å². The van der Waals surface area contributed by atoms with Gasteiger partial charge < -0.3 is 4.74 Å². The molecule has 0 amide bonds. The Morgan fingerprint density at radius 3 is 2.35 bits per heavy atom. The van der Waals surface area contributed by atoms with Crippen molar-refractivity contribution in [2.75, 3.05) is 6.61 Å². The van der Waals surface area contributed by atoms with Gasteiger partial charge in [-0.1, -0.05) is 71.6 Å². The summed E-state index contributed by atoms with van der Waals surface area (Å²) in [6.07, 6.45) is 14.5. The van der Waals surface area contributed by atoms with Gasteiger partial charge in [0, 0.05) is 0 Å². The second-order valence-electron chi connectivity index (χ2n) is 6.44. The Bertz CT molecular complexity index is 269. The largest absolute Gasteiger partial charge is 0.360 e. The lowest BCUT2D eigenvalue weighted by molar-refractivity contribution is -0.347. The number of epoxide rings is 1. The lowest BCUT2D eigenvalue weighted by atomic mass is 9.88. The second kappa shape index (κ2) is 8.35. The van der Waals surface area contributed by atoms with E-state index in [2.05, 4.69) is 13.8 Å². The van der Waals surface area contributed by atoms with Crippen LogP contribution in [0.1, 0.15) is 84.5 Å². The van der Waals surface area contributed by atoms with Gasteiger partial charge in [-0.25, -0.2) is 9.78 Å². The minimum atomic E-state index is 0.0107. The van der Waals surface area contributed by atoms with E-state index in [0.717, 1.165) is 12.8 Å². The van der Waals surface area contributed by atoms with Crippen LogP contribution in [0.3, 0.4) is 0 Å². The first-order chi connectivity index (χ1) is 9.83. The Labute approximate surface area is 124 Å². The van der Waals surface area contributed by atoms with E-state index in [1.54, 1.807) is 0 Å². The van der Waals surface area contributed by atoms with Crippen LogP contribution in [0.2, 0.25) is 0 Å². The van der Waals surface area contributed by atoms with Gasteiger partial charge in [-0.2, -0.15) is 0 Å². The van der Waals surface area contributed by atoms with E-state index < -0.39 is 0 Å². The molecule has 20 heavy (non-hydrogen) atoms. The Hall–Kier alpha value is -0.120. The predicted octanol–water partition coefficient (Wildman–Crippen LogP) is 4.79. The molecule has 118 valence electrons. The molecule has 0 radical (unpaired) electrons. The third kappa shape index (κ3) is 4.19. The molecule has 3 nitrogen and oxygen atoms in total. The van der Waals surface area contributed by atoms with Crippen LogP contribution in [0.4, 0.5) is 0 Å². The summed E-state index contributed by atoms with van der Waals surface area (Å²) in [5.41, 5.74) is 0.0107. The third-order valence-corrected chi connectivity index (χ3v) is 4.79. The SMILES string of the molecule is CCCCCCC[C@H]1OOC[C@@H]2O[C@@]21CCCCCC. The minimum Gasteiger partial charge on any atom is -0.360 e. The monoisotopic (exact) mass is 284 g/mol. The molecule has 0 aromatic heterocycles. The zero-order chi connectivity index (χ0) is 14.3. The van der Waals surface area contributed by atoms with Gasteiger partial charge in [0.2, 0.25) is 0 Å². The van der Waals surface area contributed by atoms with Gasteiger partial charge in [0.1, 0.15) is 24.4 Å². The quantitative estimate of drug-likeness (QED) is 0.311. The van der Waals surface area contributed by atoms with E-state index in [4.69, 9.17) is 14.5 Å². The van der Waals surface area contributed by atoms with E-state index >= 15 is 0 Å². The number of fused-ring (bicyclic) bond motifs is 1. The van der Waals surface area contributed by atoms with E-state index in [0.29, 0.717) is 12.7 Å². The van der Waals surface area contributed by atoms with Crippen LogP contribution in [-0.4, -0.2) is 24.4 Å². The molecule has 2 aliphatic rings. The van der Waals surface area contributed by atoms with Gasteiger partial charge in [-0.05, 0) is 12.8 Å². The molecule has 0 aromatic rings. The summed E-state index contributed by atoms with van der Waals surface area (Å²) in [5, 5.41) is 0. The fraction of sp³-hybridized carbons (Fsp3) is 1.00. The van der Waals surface area contributed by atoms with Gasteiger partial charge >= 0.3 is 0 Å². The van der Waals surface area contributed by atoms with E-state index in [9.17, 15) is 0 Å². The van der Waals surface area contributed by atoms with Crippen LogP contribution < -0.4 is 0 Å². The summed E-state index contributed by atoms with van der Waals surface area (Å²) in [7, 11) is 0. The Kier molecular flexibility index (Phi) is 6.79. The number of unbranched alkanes of at least 4 members (excludes halogenated alkanes) is 7. The van der Waals surface area contributed by atoms with Crippen molar-refractivity contribution in [3.8, 4) is 0 Å². The van der Waals surface area contributed by atoms with Crippen molar-refractivity contribution in [3.05, 3.63) is 0 Å². The highest BCUT2D eigenvalue weighted by Crippen LogP contribution is 2.49. The molecule has 0 bridgehead atoms. The lowest BCUT2D eigenvalue weighted by Gasteiger charge is -2.27. The summed E-state index contributed by atoms with van der Waals surface area (Å²) >= 11 is 0. The van der Waals surface area contributed by atoms with Crippen molar-refractivity contribution in [1.82, 2.24) is 0 Å². The lowest BCUT2D eigenvalue weighted by Crippen LogP contribution is -2.40. The summed E-state index contributed by atoms with van der Waals surface area (Å²) in [6.45, 7) is 5.14. The maximum absolute atomic E-state index is 5.99. The minimum absolute atomic E-state index is 0.0107. The number of hydrogen-bond acceptors (Lipinski definition) is 3. The predicted molar refractivity (Wildman–Crippen MR) is 80.6 cm³/mol. The third-order valence-electron chi connectivity index (χ3n) is 4.79. The van der Waals surface area contributed by atoms with E-state index in [1.165, 1.54) is 57.8 Å². The second-order valence-corrected chi connectivity index (χ2v) is 6.44. The topological polar surface area (TPSA) is 31.0 Å². The number of rotatable bonds is 11. The maximum atomic E-state index is 5.99. The van der Waals surface area contributed by atoms with Crippen molar-refractivity contribution in [3.63, 3.8) is 0 Å². The highest BCUT2D eigenvalue weighted by atomic mass is 17.2. The van der Waals surface area contributed by atoms with Gasteiger partial charge in [-0.15, -0.1) is 0 Å².